The fraction of sp³-hybridized carbons (Fsp3) is 0.200. The molecule has 7 nitrogen and oxygen atoms in total. The quantitative estimate of drug-likeness (QED) is 0.399. The average Bonchev–Trinajstić information content (AvgIpc) is 3.26. The van der Waals surface area contributed by atoms with Crippen molar-refractivity contribution in [2.75, 3.05) is 13.1 Å². The lowest BCUT2D eigenvalue weighted by atomic mass is 10.1. The second-order valence-corrected chi connectivity index (χ2v) is 9.51. The molecule has 33 heavy (non-hydrogen) atoms. The van der Waals surface area contributed by atoms with E-state index in [4.69, 9.17) is 5.10 Å². The van der Waals surface area contributed by atoms with E-state index in [2.05, 4.69) is 0 Å². The predicted octanol–water partition coefficient (Wildman–Crippen LogP) is 3.78. The Morgan fingerprint density at radius 1 is 0.848 bits per heavy atom. The molecule has 170 valence electrons. The number of benzene rings is 2. The van der Waals surface area contributed by atoms with Crippen molar-refractivity contribution >= 4 is 10.0 Å². The van der Waals surface area contributed by atoms with Gasteiger partial charge in [0.2, 0.25) is 10.0 Å². The first-order valence-corrected chi connectivity index (χ1v) is 12.3. The summed E-state index contributed by atoms with van der Waals surface area (Å²) in [7, 11) is -3.68. The van der Waals surface area contributed by atoms with Crippen LogP contribution in [0.3, 0.4) is 0 Å². The summed E-state index contributed by atoms with van der Waals surface area (Å²) in [5.41, 5.74) is 3.08. The van der Waals surface area contributed by atoms with E-state index in [-0.39, 0.29) is 17.0 Å². The van der Waals surface area contributed by atoms with Gasteiger partial charge in [0, 0.05) is 42.7 Å². The van der Waals surface area contributed by atoms with Crippen LogP contribution in [0.1, 0.15) is 19.4 Å². The Labute approximate surface area is 193 Å². The Hall–Kier alpha value is -3.49. The lowest BCUT2D eigenvalue weighted by molar-refractivity contribution is 0.444. The molecule has 0 aliphatic carbocycles. The molecule has 0 N–H and O–H groups in total. The van der Waals surface area contributed by atoms with Gasteiger partial charge >= 0.3 is 0 Å². The minimum Gasteiger partial charge on any atom is -0.310 e. The van der Waals surface area contributed by atoms with Gasteiger partial charge in [-0.25, -0.2) is 13.1 Å². The van der Waals surface area contributed by atoms with Crippen molar-refractivity contribution in [3.63, 3.8) is 0 Å². The van der Waals surface area contributed by atoms with Crippen molar-refractivity contribution in [3.05, 3.63) is 101 Å². The SMILES string of the molecule is CCN(CC)S(=O)(=O)c1ccc(=O)n(Cc2cn(-c3ccccc3)nc2-c2ccccc2)c1. The highest BCUT2D eigenvalue weighted by molar-refractivity contribution is 7.89. The van der Waals surface area contributed by atoms with Crippen molar-refractivity contribution in [1.82, 2.24) is 18.7 Å². The molecule has 0 bridgehead atoms. The fourth-order valence-electron chi connectivity index (χ4n) is 3.76. The third-order valence-electron chi connectivity index (χ3n) is 5.50. The lowest BCUT2D eigenvalue weighted by Crippen LogP contribution is -2.32. The highest BCUT2D eigenvalue weighted by Gasteiger charge is 2.23. The van der Waals surface area contributed by atoms with Gasteiger partial charge in [0.25, 0.3) is 5.56 Å². The largest absolute Gasteiger partial charge is 0.310 e. The zero-order valence-electron chi connectivity index (χ0n) is 18.6. The summed E-state index contributed by atoms with van der Waals surface area (Å²) in [5.74, 6) is 0. The van der Waals surface area contributed by atoms with Crippen molar-refractivity contribution in [3.8, 4) is 16.9 Å². The van der Waals surface area contributed by atoms with Crippen LogP contribution >= 0.6 is 0 Å². The van der Waals surface area contributed by atoms with Crippen molar-refractivity contribution in [2.24, 2.45) is 0 Å². The predicted molar refractivity (Wildman–Crippen MR) is 129 cm³/mol. The second-order valence-electron chi connectivity index (χ2n) is 7.57. The summed E-state index contributed by atoms with van der Waals surface area (Å²) in [5, 5.41) is 4.78. The third-order valence-corrected chi connectivity index (χ3v) is 7.53. The Bertz CT molecular complexity index is 1390. The molecule has 0 amide bonds. The van der Waals surface area contributed by atoms with Gasteiger partial charge in [-0.1, -0.05) is 62.4 Å². The van der Waals surface area contributed by atoms with E-state index in [1.165, 1.54) is 27.2 Å². The normalized spacial score (nSPS) is 11.7. The molecule has 0 fully saturated rings. The van der Waals surface area contributed by atoms with E-state index in [9.17, 15) is 13.2 Å². The summed E-state index contributed by atoms with van der Waals surface area (Å²) in [6.07, 6.45) is 3.31. The van der Waals surface area contributed by atoms with Gasteiger partial charge < -0.3 is 4.57 Å². The molecule has 0 saturated carbocycles. The van der Waals surface area contributed by atoms with Crippen LogP contribution in [0.15, 0.2) is 94.9 Å². The first-order chi connectivity index (χ1) is 15.9. The first kappa shape index (κ1) is 22.7. The molecule has 0 saturated heterocycles. The molecule has 0 radical (unpaired) electrons. The van der Waals surface area contributed by atoms with Crippen LogP contribution in [0.25, 0.3) is 16.9 Å². The molecule has 0 aliphatic heterocycles. The topological polar surface area (TPSA) is 77.2 Å². The zero-order valence-corrected chi connectivity index (χ0v) is 19.4. The molecule has 0 aliphatic rings. The molecular weight excluding hydrogens is 436 g/mol. The van der Waals surface area contributed by atoms with Gasteiger partial charge in [0.05, 0.1) is 22.8 Å². The molecule has 0 spiro atoms. The molecule has 2 aromatic carbocycles. The van der Waals surface area contributed by atoms with Crippen LogP contribution in [-0.2, 0) is 16.6 Å². The molecule has 2 aromatic heterocycles. The monoisotopic (exact) mass is 462 g/mol. The average molecular weight is 463 g/mol. The van der Waals surface area contributed by atoms with Gasteiger partial charge in [-0.05, 0) is 18.2 Å². The lowest BCUT2D eigenvalue weighted by Gasteiger charge is -2.19. The highest BCUT2D eigenvalue weighted by atomic mass is 32.2. The molecule has 2 heterocycles. The molecule has 0 unspecified atom stereocenters. The van der Waals surface area contributed by atoms with Crippen LogP contribution in [0.5, 0.6) is 0 Å². The number of rotatable bonds is 8. The van der Waals surface area contributed by atoms with E-state index in [1.807, 2.05) is 66.9 Å². The van der Waals surface area contributed by atoms with E-state index in [0.29, 0.717) is 13.1 Å². The van der Waals surface area contributed by atoms with Gasteiger partial charge in [-0.3, -0.25) is 4.79 Å². The Morgan fingerprint density at radius 3 is 2.12 bits per heavy atom. The van der Waals surface area contributed by atoms with Crippen LogP contribution in [0, 0.1) is 0 Å². The molecule has 4 aromatic rings. The van der Waals surface area contributed by atoms with E-state index in [0.717, 1.165) is 22.5 Å². The number of pyridine rings is 1. The van der Waals surface area contributed by atoms with Gasteiger partial charge in [0.1, 0.15) is 0 Å². The number of para-hydroxylation sites is 1. The Kier molecular flexibility index (Phi) is 6.57. The van der Waals surface area contributed by atoms with Gasteiger partial charge in [0.15, 0.2) is 0 Å². The summed E-state index contributed by atoms with van der Waals surface area (Å²) in [4.78, 5) is 12.8. The van der Waals surface area contributed by atoms with E-state index in [1.54, 1.807) is 18.5 Å². The zero-order chi connectivity index (χ0) is 23.4. The minimum atomic E-state index is -3.68. The number of hydrogen-bond acceptors (Lipinski definition) is 4. The van der Waals surface area contributed by atoms with Crippen LogP contribution in [0.4, 0.5) is 0 Å². The smallest absolute Gasteiger partial charge is 0.250 e. The minimum absolute atomic E-state index is 0.0995. The summed E-state index contributed by atoms with van der Waals surface area (Å²) < 4.78 is 30.5. The maximum absolute atomic E-state index is 13.0. The standard InChI is InChI=1S/C25H26N4O3S/c1-3-28(4-2)33(31,32)23-15-16-24(30)27(19-23)17-21-18-29(22-13-9-6-10-14-22)26-25(21)20-11-7-5-8-12-20/h5-16,18-19H,3-4,17H2,1-2H3. The summed E-state index contributed by atoms with van der Waals surface area (Å²) >= 11 is 0. The van der Waals surface area contributed by atoms with Crippen molar-refractivity contribution in [2.45, 2.75) is 25.3 Å². The maximum Gasteiger partial charge on any atom is 0.250 e. The van der Waals surface area contributed by atoms with Gasteiger partial charge in [-0.2, -0.15) is 9.40 Å². The van der Waals surface area contributed by atoms with Crippen molar-refractivity contribution in [1.29, 1.82) is 0 Å². The molecular formula is C25H26N4O3S. The van der Waals surface area contributed by atoms with Crippen molar-refractivity contribution < 1.29 is 8.42 Å². The fourth-order valence-corrected chi connectivity index (χ4v) is 5.24. The third kappa shape index (κ3) is 4.67. The summed E-state index contributed by atoms with van der Waals surface area (Å²) in [6.45, 7) is 4.50. The highest BCUT2D eigenvalue weighted by Crippen LogP contribution is 2.24. The molecule has 4 rings (SSSR count). The summed E-state index contributed by atoms with van der Waals surface area (Å²) in [6, 6.07) is 22.1. The van der Waals surface area contributed by atoms with Crippen LogP contribution in [-0.4, -0.2) is 40.2 Å². The van der Waals surface area contributed by atoms with Gasteiger partial charge in [-0.15, -0.1) is 0 Å². The molecule has 8 heteroatoms. The maximum atomic E-state index is 13.0. The Balaban J connectivity index is 1.79. The van der Waals surface area contributed by atoms with Crippen LogP contribution in [0.2, 0.25) is 0 Å². The second kappa shape index (κ2) is 9.56. The van der Waals surface area contributed by atoms with Crippen LogP contribution < -0.4 is 5.56 Å². The number of nitrogens with zero attached hydrogens (tertiary/aromatic N) is 4. The Morgan fingerprint density at radius 2 is 1.48 bits per heavy atom. The molecule has 0 atom stereocenters. The van der Waals surface area contributed by atoms with E-state index >= 15 is 0 Å². The number of aromatic nitrogens is 3. The first-order valence-electron chi connectivity index (χ1n) is 10.8. The number of hydrogen-bond donors (Lipinski definition) is 0. The van der Waals surface area contributed by atoms with E-state index < -0.39 is 10.0 Å². The number of sulfonamides is 1.